The van der Waals surface area contributed by atoms with E-state index in [1.54, 1.807) is 0 Å². The van der Waals surface area contributed by atoms with E-state index in [0.717, 1.165) is 52.0 Å². The minimum absolute atomic E-state index is 0.105. The summed E-state index contributed by atoms with van der Waals surface area (Å²) in [5.74, 6) is 0.594. The number of hydrogen-bond donors (Lipinski definition) is 3. The Hall–Kier alpha value is -1.44. The molecular weight excluding hydrogens is 306 g/mol. The number of carbonyl (C=O) groups excluding carboxylic acids is 1. The Balaban J connectivity index is 1.36. The molecule has 0 radical (unpaired) electrons. The number of morpholine rings is 1. The average Bonchev–Trinajstić information content (AvgIpc) is 3.05. The summed E-state index contributed by atoms with van der Waals surface area (Å²) in [4.78, 5) is 14.6. The van der Waals surface area contributed by atoms with Gasteiger partial charge in [0, 0.05) is 62.9 Å². The smallest absolute Gasteiger partial charge is 0.253 e. The van der Waals surface area contributed by atoms with Gasteiger partial charge in [-0.05, 0) is 19.8 Å². The number of nitrogens with one attached hydrogen (secondary N) is 3. The van der Waals surface area contributed by atoms with Crippen molar-refractivity contribution in [1.29, 1.82) is 0 Å². The van der Waals surface area contributed by atoms with Crippen LogP contribution in [0, 0.1) is 0 Å². The molecule has 3 aliphatic rings. The quantitative estimate of drug-likeness (QED) is 0.717. The van der Waals surface area contributed by atoms with E-state index in [1.807, 2.05) is 11.8 Å². The SMILES string of the molecule is C[C@@H]1CNC[C@H](C(=O)N2CCC(c3n[nH]c4c3CNCC4)CC2)O1. The highest BCUT2D eigenvalue weighted by Gasteiger charge is 2.33. The second-order valence-corrected chi connectivity index (χ2v) is 7.19. The fourth-order valence-electron chi connectivity index (χ4n) is 4.10. The molecule has 2 saturated heterocycles. The van der Waals surface area contributed by atoms with Gasteiger partial charge in [-0.3, -0.25) is 9.89 Å². The molecule has 132 valence electrons. The number of H-pyrrole nitrogens is 1. The second kappa shape index (κ2) is 6.82. The molecule has 2 atom stereocenters. The van der Waals surface area contributed by atoms with Crippen molar-refractivity contribution in [3.05, 3.63) is 17.0 Å². The van der Waals surface area contributed by atoms with E-state index in [-0.39, 0.29) is 18.1 Å². The first kappa shape index (κ1) is 16.1. The van der Waals surface area contributed by atoms with Gasteiger partial charge in [0.1, 0.15) is 6.10 Å². The zero-order chi connectivity index (χ0) is 16.5. The summed E-state index contributed by atoms with van der Waals surface area (Å²) in [6.07, 6.45) is 2.78. The van der Waals surface area contributed by atoms with Crippen LogP contribution in [0.4, 0.5) is 0 Å². The molecule has 7 nitrogen and oxygen atoms in total. The molecule has 0 unspecified atom stereocenters. The lowest BCUT2D eigenvalue weighted by Crippen LogP contribution is -2.53. The first-order valence-electron chi connectivity index (χ1n) is 9.14. The number of fused-ring (bicyclic) bond motifs is 1. The third-order valence-electron chi connectivity index (χ3n) is 5.47. The van der Waals surface area contributed by atoms with Crippen molar-refractivity contribution in [2.45, 2.75) is 50.9 Å². The minimum Gasteiger partial charge on any atom is -0.363 e. The predicted molar refractivity (Wildman–Crippen MR) is 89.8 cm³/mol. The van der Waals surface area contributed by atoms with E-state index < -0.39 is 0 Å². The third kappa shape index (κ3) is 3.08. The summed E-state index contributed by atoms with van der Waals surface area (Å²) in [6.45, 7) is 6.99. The molecule has 4 heterocycles. The van der Waals surface area contributed by atoms with E-state index in [2.05, 4.69) is 20.8 Å². The maximum Gasteiger partial charge on any atom is 0.253 e. The van der Waals surface area contributed by atoms with Gasteiger partial charge in [0.15, 0.2) is 0 Å². The Morgan fingerprint density at radius 2 is 2.08 bits per heavy atom. The highest BCUT2D eigenvalue weighted by atomic mass is 16.5. The molecule has 4 rings (SSSR count). The number of ether oxygens (including phenoxy) is 1. The molecule has 1 amide bonds. The topological polar surface area (TPSA) is 82.3 Å². The molecular formula is C17H27N5O2. The van der Waals surface area contributed by atoms with Crippen molar-refractivity contribution in [3.63, 3.8) is 0 Å². The Morgan fingerprint density at radius 3 is 2.88 bits per heavy atom. The standard InChI is InChI=1S/C17H27N5O2/c1-11-8-19-10-15(24-11)17(23)22-6-3-12(4-7-22)16-13-9-18-5-2-14(13)20-21-16/h11-12,15,18-19H,2-10H2,1H3,(H,20,21)/t11-,15-/m1/s1. The molecule has 2 fully saturated rings. The first-order chi connectivity index (χ1) is 11.7. The zero-order valence-electron chi connectivity index (χ0n) is 14.3. The van der Waals surface area contributed by atoms with Crippen LogP contribution in [-0.4, -0.2) is 65.9 Å². The van der Waals surface area contributed by atoms with Crippen LogP contribution in [0.15, 0.2) is 0 Å². The summed E-state index contributed by atoms with van der Waals surface area (Å²) >= 11 is 0. The van der Waals surface area contributed by atoms with Crippen LogP contribution < -0.4 is 10.6 Å². The molecule has 0 spiro atoms. The molecule has 0 bridgehead atoms. The van der Waals surface area contributed by atoms with Gasteiger partial charge in [-0.25, -0.2) is 0 Å². The van der Waals surface area contributed by atoms with Gasteiger partial charge in [-0.2, -0.15) is 5.10 Å². The van der Waals surface area contributed by atoms with Gasteiger partial charge in [0.2, 0.25) is 0 Å². The number of amides is 1. The molecule has 0 saturated carbocycles. The number of aromatic nitrogens is 2. The van der Waals surface area contributed by atoms with E-state index >= 15 is 0 Å². The number of nitrogens with zero attached hydrogens (tertiary/aromatic N) is 2. The van der Waals surface area contributed by atoms with E-state index in [9.17, 15) is 4.79 Å². The van der Waals surface area contributed by atoms with Crippen LogP contribution in [0.25, 0.3) is 0 Å². The Bertz CT molecular complexity index is 594. The van der Waals surface area contributed by atoms with Crippen LogP contribution in [0.2, 0.25) is 0 Å². The predicted octanol–water partition coefficient (Wildman–Crippen LogP) is 0.138. The molecule has 1 aromatic heterocycles. The van der Waals surface area contributed by atoms with Crippen molar-refractivity contribution >= 4 is 5.91 Å². The fraction of sp³-hybridized carbons (Fsp3) is 0.765. The molecule has 1 aromatic rings. The van der Waals surface area contributed by atoms with E-state index in [1.165, 1.54) is 17.0 Å². The number of likely N-dealkylation sites (tertiary alicyclic amines) is 1. The summed E-state index contributed by atoms with van der Waals surface area (Å²) in [7, 11) is 0. The van der Waals surface area contributed by atoms with Gasteiger partial charge >= 0.3 is 0 Å². The van der Waals surface area contributed by atoms with Gasteiger partial charge in [0.25, 0.3) is 5.91 Å². The van der Waals surface area contributed by atoms with Crippen LogP contribution in [0.3, 0.4) is 0 Å². The van der Waals surface area contributed by atoms with E-state index in [4.69, 9.17) is 4.74 Å². The zero-order valence-corrected chi connectivity index (χ0v) is 14.3. The maximum atomic E-state index is 12.7. The van der Waals surface area contributed by atoms with Crippen LogP contribution in [-0.2, 0) is 22.5 Å². The molecule has 0 aliphatic carbocycles. The molecule has 3 N–H and O–H groups in total. The average molecular weight is 333 g/mol. The van der Waals surface area contributed by atoms with Gasteiger partial charge in [0.05, 0.1) is 11.8 Å². The summed E-state index contributed by atoms with van der Waals surface area (Å²) < 4.78 is 5.80. The van der Waals surface area contributed by atoms with E-state index in [0.29, 0.717) is 12.5 Å². The second-order valence-electron chi connectivity index (χ2n) is 7.19. The third-order valence-corrected chi connectivity index (χ3v) is 5.47. The van der Waals surface area contributed by atoms with Crippen molar-refractivity contribution in [2.75, 3.05) is 32.7 Å². The van der Waals surface area contributed by atoms with Crippen LogP contribution in [0.1, 0.15) is 42.6 Å². The highest BCUT2D eigenvalue weighted by molar-refractivity contribution is 5.81. The van der Waals surface area contributed by atoms with Crippen molar-refractivity contribution in [2.24, 2.45) is 0 Å². The number of carbonyl (C=O) groups is 1. The van der Waals surface area contributed by atoms with Gasteiger partial charge in [-0.15, -0.1) is 0 Å². The van der Waals surface area contributed by atoms with Crippen molar-refractivity contribution in [3.8, 4) is 0 Å². The van der Waals surface area contributed by atoms with Crippen molar-refractivity contribution in [1.82, 2.24) is 25.7 Å². The summed E-state index contributed by atoms with van der Waals surface area (Å²) in [6, 6.07) is 0. The monoisotopic (exact) mass is 333 g/mol. The molecule has 0 aromatic carbocycles. The van der Waals surface area contributed by atoms with Gasteiger partial charge in [-0.1, -0.05) is 0 Å². The minimum atomic E-state index is -0.326. The maximum absolute atomic E-state index is 12.7. The summed E-state index contributed by atoms with van der Waals surface area (Å²) in [5.41, 5.74) is 3.87. The largest absolute Gasteiger partial charge is 0.363 e. The Morgan fingerprint density at radius 1 is 1.25 bits per heavy atom. The Kier molecular flexibility index (Phi) is 4.56. The lowest BCUT2D eigenvalue weighted by Gasteiger charge is -2.36. The number of aromatic amines is 1. The lowest BCUT2D eigenvalue weighted by atomic mass is 9.89. The lowest BCUT2D eigenvalue weighted by molar-refractivity contribution is -0.150. The van der Waals surface area contributed by atoms with Crippen molar-refractivity contribution < 1.29 is 9.53 Å². The normalized spacial score (nSPS) is 28.6. The van der Waals surface area contributed by atoms with Gasteiger partial charge < -0.3 is 20.3 Å². The molecule has 7 heteroatoms. The number of hydrogen-bond acceptors (Lipinski definition) is 5. The number of rotatable bonds is 2. The van der Waals surface area contributed by atoms with Crippen LogP contribution >= 0.6 is 0 Å². The summed E-state index contributed by atoms with van der Waals surface area (Å²) in [5, 5.41) is 14.5. The first-order valence-corrected chi connectivity index (χ1v) is 9.14. The van der Waals surface area contributed by atoms with Crippen LogP contribution in [0.5, 0.6) is 0 Å². The Labute approximate surface area is 142 Å². The molecule has 24 heavy (non-hydrogen) atoms. The highest BCUT2D eigenvalue weighted by Crippen LogP contribution is 2.31. The number of piperidine rings is 1. The fourth-order valence-corrected chi connectivity index (χ4v) is 4.10. The molecule has 3 aliphatic heterocycles.